The van der Waals surface area contributed by atoms with Crippen LogP contribution in [0.4, 0.5) is 5.69 Å². The van der Waals surface area contributed by atoms with E-state index in [-0.39, 0.29) is 5.91 Å². The molecule has 0 aliphatic rings. The lowest BCUT2D eigenvalue weighted by molar-refractivity contribution is 0.102. The summed E-state index contributed by atoms with van der Waals surface area (Å²) >= 11 is 12.4. The molecule has 6 heteroatoms. The summed E-state index contributed by atoms with van der Waals surface area (Å²) in [5, 5.41) is 3.64. The Hall–Kier alpha value is -2.69. The van der Waals surface area contributed by atoms with Crippen molar-refractivity contribution < 1.29 is 14.3 Å². The molecule has 29 heavy (non-hydrogen) atoms. The molecule has 0 bridgehead atoms. The van der Waals surface area contributed by atoms with Crippen LogP contribution in [0, 0.1) is 6.92 Å². The first kappa shape index (κ1) is 21.0. The Kier molecular flexibility index (Phi) is 7.02. The first-order chi connectivity index (χ1) is 14.0. The lowest BCUT2D eigenvalue weighted by Gasteiger charge is -2.15. The summed E-state index contributed by atoms with van der Waals surface area (Å²) in [4.78, 5) is 12.6. The van der Waals surface area contributed by atoms with E-state index in [0.29, 0.717) is 46.0 Å². The van der Waals surface area contributed by atoms with Crippen LogP contribution >= 0.6 is 23.2 Å². The quantitative estimate of drug-likeness (QED) is 0.464. The van der Waals surface area contributed by atoms with Gasteiger partial charge in [-0.3, -0.25) is 4.79 Å². The van der Waals surface area contributed by atoms with Crippen molar-refractivity contribution in [3.05, 3.63) is 87.4 Å². The number of halogens is 2. The van der Waals surface area contributed by atoms with E-state index in [9.17, 15) is 4.79 Å². The average Bonchev–Trinajstić information content (AvgIpc) is 2.68. The van der Waals surface area contributed by atoms with Gasteiger partial charge in [0.2, 0.25) is 0 Å². The Morgan fingerprint density at radius 3 is 2.45 bits per heavy atom. The Balaban J connectivity index is 1.81. The van der Waals surface area contributed by atoms with Crippen LogP contribution in [-0.4, -0.2) is 12.5 Å². The third kappa shape index (κ3) is 5.66. The van der Waals surface area contributed by atoms with Crippen LogP contribution in [-0.2, 0) is 6.61 Å². The molecular formula is C23H21Cl2NO3. The molecule has 0 heterocycles. The van der Waals surface area contributed by atoms with Crippen molar-refractivity contribution in [2.24, 2.45) is 0 Å². The largest absolute Gasteiger partial charge is 0.490 e. The molecule has 0 saturated carbocycles. The molecule has 150 valence electrons. The second kappa shape index (κ2) is 9.68. The maximum atomic E-state index is 12.6. The first-order valence-corrected chi connectivity index (χ1v) is 9.93. The van der Waals surface area contributed by atoms with E-state index in [4.69, 9.17) is 32.7 Å². The first-order valence-electron chi connectivity index (χ1n) is 9.18. The molecule has 0 spiro atoms. The van der Waals surface area contributed by atoms with Gasteiger partial charge in [0.25, 0.3) is 5.91 Å². The molecule has 0 aromatic heterocycles. The lowest BCUT2D eigenvalue weighted by Crippen LogP contribution is -2.12. The highest BCUT2D eigenvalue weighted by Gasteiger charge is 2.17. The smallest absolute Gasteiger partial charge is 0.255 e. The van der Waals surface area contributed by atoms with Gasteiger partial charge in [0.15, 0.2) is 11.5 Å². The molecule has 0 aliphatic carbocycles. The van der Waals surface area contributed by atoms with Crippen LogP contribution < -0.4 is 14.8 Å². The second-order valence-corrected chi connectivity index (χ2v) is 7.30. The summed E-state index contributed by atoms with van der Waals surface area (Å²) in [6.07, 6.45) is 0. The van der Waals surface area contributed by atoms with E-state index >= 15 is 0 Å². The van der Waals surface area contributed by atoms with Crippen LogP contribution in [0.5, 0.6) is 11.5 Å². The number of nitrogens with one attached hydrogen (secondary N) is 1. The molecule has 0 saturated heterocycles. The van der Waals surface area contributed by atoms with Crippen molar-refractivity contribution in [1.82, 2.24) is 0 Å². The van der Waals surface area contributed by atoms with Crippen LogP contribution in [0.2, 0.25) is 10.0 Å². The van der Waals surface area contributed by atoms with Crippen LogP contribution in [0.3, 0.4) is 0 Å². The number of carbonyl (C=O) groups is 1. The number of aryl methyl sites for hydroxylation is 1. The highest BCUT2D eigenvalue weighted by molar-refractivity contribution is 6.33. The van der Waals surface area contributed by atoms with Gasteiger partial charge in [-0.1, -0.05) is 59.1 Å². The molecule has 3 rings (SSSR count). The number of hydrogen-bond donors (Lipinski definition) is 1. The van der Waals surface area contributed by atoms with Crippen LogP contribution in [0.25, 0.3) is 0 Å². The minimum Gasteiger partial charge on any atom is -0.490 e. The number of carbonyl (C=O) groups excluding carboxylic acids is 1. The minimum atomic E-state index is -0.319. The van der Waals surface area contributed by atoms with Gasteiger partial charge in [0, 0.05) is 16.3 Å². The fourth-order valence-electron chi connectivity index (χ4n) is 2.71. The SMILES string of the molecule is CCOc1cc(C(=O)Nc2cccc(Cl)c2)cc(Cl)c1OCc1ccc(C)cc1. The van der Waals surface area contributed by atoms with Crippen molar-refractivity contribution in [3.8, 4) is 11.5 Å². The normalized spacial score (nSPS) is 10.5. The Morgan fingerprint density at radius 1 is 1.00 bits per heavy atom. The maximum Gasteiger partial charge on any atom is 0.255 e. The zero-order chi connectivity index (χ0) is 20.8. The van der Waals surface area contributed by atoms with Crippen LogP contribution in [0.1, 0.15) is 28.4 Å². The van der Waals surface area contributed by atoms with Gasteiger partial charge in [-0.05, 0) is 49.7 Å². The Labute approximate surface area is 180 Å². The van der Waals surface area contributed by atoms with Crippen molar-refractivity contribution in [1.29, 1.82) is 0 Å². The fourth-order valence-corrected chi connectivity index (χ4v) is 3.17. The summed E-state index contributed by atoms with van der Waals surface area (Å²) in [7, 11) is 0. The van der Waals surface area contributed by atoms with Crippen molar-refractivity contribution in [3.63, 3.8) is 0 Å². The van der Waals surface area contributed by atoms with Crippen molar-refractivity contribution in [2.45, 2.75) is 20.5 Å². The third-order valence-electron chi connectivity index (χ3n) is 4.16. The Bertz CT molecular complexity index is 1000. The molecular weight excluding hydrogens is 409 g/mol. The predicted molar refractivity (Wildman–Crippen MR) is 118 cm³/mol. The summed E-state index contributed by atoms with van der Waals surface area (Å²) in [6, 6.07) is 18.2. The van der Waals surface area contributed by atoms with E-state index in [2.05, 4.69) is 5.32 Å². The van der Waals surface area contributed by atoms with Gasteiger partial charge in [-0.15, -0.1) is 0 Å². The van der Waals surface area contributed by atoms with E-state index in [1.165, 1.54) is 5.56 Å². The number of ether oxygens (including phenoxy) is 2. The van der Waals surface area contributed by atoms with Gasteiger partial charge < -0.3 is 14.8 Å². The van der Waals surface area contributed by atoms with E-state index < -0.39 is 0 Å². The highest BCUT2D eigenvalue weighted by Crippen LogP contribution is 2.37. The van der Waals surface area contributed by atoms with Gasteiger partial charge in [0.05, 0.1) is 11.6 Å². The summed E-state index contributed by atoms with van der Waals surface area (Å²) in [6.45, 7) is 4.64. The molecule has 3 aromatic carbocycles. The zero-order valence-corrected chi connectivity index (χ0v) is 17.7. The third-order valence-corrected chi connectivity index (χ3v) is 4.67. The summed E-state index contributed by atoms with van der Waals surface area (Å²) in [5.41, 5.74) is 3.14. The lowest BCUT2D eigenvalue weighted by atomic mass is 10.1. The maximum absolute atomic E-state index is 12.6. The molecule has 1 N–H and O–H groups in total. The van der Waals surface area contributed by atoms with Gasteiger partial charge >= 0.3 is 0 Å². The summed E-state index contributed by atoms with van der Waals surface area (Å²) in [5.74, 6) is 0.511. The standard InChI is InChI=1S/C23H21Cl2NO3/c1-3-28-21-12-17(23(27)26-19-6-4-5-18(24)13-19)11-20(25)22(21)29-14-16-9-7-15(2)8-10-16/h4-13H,3,14H2,1-2H3,(H,26,27). The summed E-state index contributed by atoms with van der Waals surface area (Å²) < 4.78 is 11.6. The van der Waals surface area contributed by atoms with E-state index in [1.54, 1.807) is 36.4 Å². The second-order valence-electron chi connectivity index (χ2n) is 6.46. The molecule has 0 unspecified atom stereocenters. The molecule has 4 nitrogen and oxygen atoms in total. The Morgan fingerprint density at radius 2 is 1.76 bits per heavy atom. The topological polar surface area (TPSA) is 47.6 Å². The fraction of sp³-hybridized carbons (Fsp3) is 0.174. The number of benzene rings is 3. The highest BCUT2D eigenvalue weighted by atomic mass is 35.5. The van der Waals surface area contributed by atoms with Gasteiger partial charge in [-0.25, -0.2) is 0 Å². The minimum absolute atomic E-state index is 0.305. The molecule has 0 fully saturated rings. The number of anilines is 1. The van der Waals surface area contributed by atoms with Crippen molar-refractivity contribution >= 4 is 34.8 Å². The molecule has 0 atom stereocenters. The average molecular weight is 430 g/mol. The molecule has 0 radical (unpaired) electrons. The number of hydrogen-bond acceptors (Lipinski definition) is 3. The van der Waals surface area contributed by atoms with Gasteiger partial charge in [-0.2, -0.15) is 0 Å². The number of rotatable bonds is 7. The monoisotopic (exact) mass is 429 g/mol. The predicted octanol–water partition coefficient (Wildman–Crippen LogP) is 6.53. The molecule has 3 aromatic rings. The van der Waals surface area contributed by atoms with Crippen molar-refractivity contribution in [2.75, 3.05) is 11.9 Å². The number of amides is 1. The van der Waals surface area contributed by atoms with Gasteiger partial charge in [0.1, 0.15) is 6.61 Å². The van der Waals surface area contributed by atoms with E-state index in [0.717, 1.165) is 5.56 Å². The molecule has 1 amide bonds. The molecule has 0 aliphatic heterocycles. The van der Waals surface area contributed by atoms with Crippen LogP contribution in [0.15, 0.2) is 60.7 Å². The zero-order valence-electron chi connectivity index (χ0n) is 16.2. The van der Waals surface area contributed by atoms with E-state index in [1.807, 2.05) is 38.1 Å².